The second kappa shape index (κ2) is 7.12. The van der Waals surface area contributed by atoms with Gasteiger partial charge in [0.15, 0.2) is 10.8 Å². The number of hydrogen-bond acceptors (Lipinski definition) is 6. The molecule has 3 aromatic rings. The van der Waals surface area contributed by atoms with E-state index < -0.39 is 5.76 Å². The molecule has 1 aliphatic rings. The van der Waals surface area contributed by atoms with E-state index in [1.54, 1.807) is 17.9 Å². The molecule has 3 heterocycles. The lowest BCUT2D eigenvalue weighted by Gasteiger charge is -2.15. The highest BCUT2D eigenvalue weighted by atomic mass is 35.5. The summed E-state index contributed by atoms with van der Waals surface area (Å²) < 4.78 is 6.07. The van der Waals surface area contributed by atoms with Crippen LogP contribution in [0.2, 0.25) is 5.15 Å². The Balaban J connectivity index is 0.000000203. The zero-order valence-electron chi connectivity index (χ0n) is 13.6. The number of hydrogen-bond donors (Lipinski definition) is 1. The van der Waals surface area contributed by atoms with Crippen LogP contribution in [0, 0.1) is 5.92 Å². The fraction of sp³-hybridized carbons (Fsp3) is 0.533. The maximum atomic E-state index is 10.8. The van der Waals surface area contributed by atoms with Crippen LogP contribution in [0.25, 0.3) is 22.8 Å². The van der Waals surface area contributed by atoms with Crippen LogP contribution < -0.4 is 5.76 Å². The molecule has 0 unspecified atom stereocenters. The maximum Gasteiger partial charge on any atom is 0.439 e. The molecule has 9 heteroatoms. The van der Waals surface area contributed by atoms with E-state index in [0.717, 1.165) is 5.92 Å². The molecular formula is C15H19ClN6O2. The van der Waals surface area contributed by atoms with Crippen LogP contribution in [-0.4, -0.2) is 29.7 Å². The van der Waals surface area contributed by atoms with Gasteiger partial charge in [-0.05, 0) is 5.92 Å². The summed E-state index contributed by atoms with van der Waals surface area (Å²) in [5.41, 5.74) is 1.03. The largest absolute Gasteiger partial charge is 0.439 e. The molecule has 1 aliphatic carbocycles. The lowest BCUT2D eigenvalue weighted by molar-refractivity contribution is 0.385. The van der Waals surface area contributed by atoms with E-state index in [0.29, 0.717) is 11.2 Å². The number of imidazole rings is 1. The molecule has 1 saturated carbocycles. The van der Waals surface area contributed by atoms with Crippen LogP contribution in [0.5, 0.6) is 0 Å². The normalized spacial score (nSPS) is 15.3. The maximum absolute atomic E-state index is 10.8. The van der Waals surface area contributed by atoms with Gasteiger partial charge in [-0.25, -0.2) is 19.7 Å². The van der Waals surface area contributed by atoms with Crippen molar-refractivity contribution in [1.82, 2.24) is 29.7 Å². The van der Waals surface area contributed by atoms with Crippen molar-refractivity contribution in [2.75, 3.05) is 0 Å². The topological polar surface area (TPSA) is 102 Å². The van der Waals surface area contributed by atoms with E-state index >= 15 is 0 Å². The van der Waals surface area contributed by atoms with Crippen LogP contribution >= 0.6 is 11.6 Å². The van der Waals surface area contributed by atoms with E-state index in [4.69, 9.17) is 11.6 Å². The summed E-state index contributed by atoms with van der Waals surface area (Å²) in [6.45, 7) is 2.36. The minimum Gasteiger partial charge on any atom is -0.330 e. The number of rotatable bonds is 1. The Morgan fingerprint density at radius 2 is 2.04 bits per heavy atom. The molecule has 0 radical (unpaired) electrons. The Bertz CT molecular complexity index is 878. The lowest BCUT2D eigenvalue weighted by Crippen LogP contribution is -1.99. The summed E-state index contributed by atoms with van der Waals surface area (Å²) >= 11 is 6.00. The Morgan fingerprint density at radius 1 is 1.29 bits per heavy atom. The molecule has 0 amide bonds. The number of nitrogens with one attached hydrogen (secondary N) is 1. The van der Waals surface area contributed by atoms with Crippen molar-refractivity contribution >= 4 is 22.8 Å². The first kappa shape index (κ1) is 16.6. The molecule has 1 fully saturated rings. The molecule has 128 valence electrons. The number of fused-ring (bicyclic) bond motifs is 1. The highest BCUT2D eigenvalue weighted by Crippen LogP contribution is 2.22. The highest BCUT2D eigenvalue weighted by Gasteiger charge is 2.14. The van der Waals surface area contributed by atoms with Gasteiger partial charge in [-0.15, -0.1) is 0 Å². The van der Waals surface area contributed by atoms with Gasteiger partial charge in [0.25, 0.3) is 0 Å². The number of aryl methyl sites for hydroxylation is 1. The minimum atomic E-state index is -0.680. The number of halogens is 1. The van der Waals surface area contributed by atoms with Gasteiger partial charge in [-0.2, -0.15) is 0 Å². The summed E-state index contributed by atoms with van der Waals surface area (Å²) in [4.78, 5) is 25.4. The van der Waals surface area contributed by atoms with Crippen LogP contribution in [0.4, 0.5) is 0 Å². The number of aromatic amines is 1. The van der Waals surface area contributed by atoms with Gasteiger partial charge in [-0.1, -0.05) is 55.8 Å². The first-order valence-electron chi connectivity index (χ1n) is 7.95. The van der Waals surface area contributed by atoms with Crippen LogP contribution in [0.1, 0.15) is 39.0 Å². The zero-order chi connectivity index (χ0) is 17.1. The highest BCUT2D eigenvalue weighted by molar-refractivity contribution is 6.33. The average Bonchev–Trinajstić information content (AvgIpc) is 3.15. The molecule has 0 saturated heterocycles. The van der Waals surface area contributed by atoms with Crippen molar-refractivity contribution < 1.29 is 4.52 Å². The first-order valence-corrected chi connectivity index (χ1v) is 8.33. The van der Waals surface area contributed by atoms with Crippen LogP contribution in [-0.2, 0) is 7.05 Å². The molecule has 0 bridgehead atoms. The average molecular weight is 351 g/mol. The SMILES string of the molecule is CC1CCCCC1.Cn1cnc2nc(-c3noc(=O)[nH]3)nc(Cl)c21. The monoisotopic (exact) mass is 350 g/mol. The minimum absolute atomic E-state index is 0.115. The van der Waals surface area contributed by atoms with Crippen LogP contribution in [0.15, 0.2) is 15.6 Å². The quantitative estimate of drug-likeness (QED) is 0.677. The zero-order valence-corrected chi connectivity index (χ0v) is 14.4. The molecule has 8 nitrogen and oxygen atoms in total. The van der Waals surface area contributed by atoms with E-state index in [1.165, 1.54) is 32.1 Å². The Kier molecular flexibility index (Phi) is 4.94. The molecule has 0 aliphatic heterocycles. The van der Waals surface area contributed by atoms with Crippen molar-refractivity contribution in [3.63, 3.8) is 0 Å². The van der Waals surface area contributed by atoms with Gasteiger partial charge in [-0.3, -0.25) is 9.51 Å². The molecule has 0 aromatic carbocycles. The van der Waals surface area contributed by atoms with E-state index in [9.17, 15) is 4.79 Å². The fourth-order valence-electron chi connectivity index (χ4n) is 2.75. The van der Waals surface area contributed by atoms with Crippen molar-refractivity contribution in [3.05, 3.63) is 22.0 Å². The summed E-state index contributed by atoms with van der Waals surface area (Å²) in [6, 6.07) is 0. The number of nitrogens with zero attached hydrogens (tertiary/aromatic N) is 5. The third-order valence-electron chi connectivity index (χ3n) is 4.07. The lowest BCUT2D eigenvalue weighted by atomic mass is 9.91. The molecule has 1 N–H and O–H groups in total. The Labute approximate surface area is 143 Å². The Morgan fingerprint density at radius 3 is 2.62 bits per heavy atom. The summed E-state index contributed by atoms with van der Waals surface area (Å²) in [6.07, 6.45) is 9.01. The standard InChI is InChI=1S/C8H5ClN6O2.C7H14/c1-15-2-10-5-3(15)4(9)11-6(12-5)7-13-8(16)17-14-7;1-7-5-3-2-4-6-7/h2H,1H3,(H,13,14,16);7H,2-6H2,1H3. The van der Waals surface area contributed by atoms with E-state index in [2.05, 4.69) is 36.5 Å². The van der Waals surface area contributed by atoms with E-state index in [-0.39, 0.29) is 16.8 Å². The molecule has 24 heavy (non-hydrogen) atoms. The third-order valence-corrected chi connectivity index (χ3v) is 4.34. The van der Waals surface area contributed by atoms with Gasteiger partial charge in [0.05, 0.1) is 6.33 Å². The van der Waals surface area contributed by atoms with Gasteiger partial charge in [0, 0.05) is 7.05 Å². The van der Waals surface area contributed by atoms with Crippen molar-refractivity contribution in [2.45, 2.75) is 39.0 Å². The van der Waals surface area contributed by atoms with E-state index in [1.807, 2.05) is 0 Å². The van der Waals surface area contributed by atoms with Crippen molar-refractivity contribution in [1.29, 1.82) is 0 Å². The van der Waals surface area contributed by atoms with Gasteiger partial charge in [0.2, 0.25) is 11.6 Å². The number of H-pyrrole nitrogens is 1. The second-order valence-corrected chi connectivity index (χ2v) is 6.41. The molecule has 4 rings (SSSR count). The molecule has 0 spiro atoms. The van der Waals surface area contributed by atoms with Gasteiger partial charge in [0.1, 0.15) is 5.52 Å². The molecule has 0 atom stereocenters. The van der Waals surface area contributed by atoms with Gasteiger partial charge >= 0.3 is 5.76 Å². The third kappa shape index (κ3) is 3.64. The smallest absolute Gasteiger partial charge is 0.330 e. The first-order chi connectivity index (χ1) is 11.5. The Hall–Kier alpha value is -2.22. The summed E-state index contributed by atoms with van der Waals surface area (Å²) in [5, 5.41) is 3.71. The molecule has 3 aromatic heterocycles. The predicted octanol–water partition coefficient (Wildman–Crippen LogP) is 2.95. The van der Waals surface area contributed by atoms with Gasteiger partial charge < -0.3 is 4.57 Å². The summed E-state index contributed by atoms with van der Waals surface area (Å²) in [5.74, 6) is 0.631. The second-order valence-electron chi connectivity index (χ2n) is 6.05. The fourth-order valence-corrected chi connectivity index (χ4v) is 3.05. The molecular weight excluding hydrogens is 332 g/mol. The van der Waals surface area contributed by atoms with Crippen LogP contribution in [0.3, 0.4) is 0 Å². The predicted molar refractivity (Wildman–Crippen MR) is 89.7 cm³/mol. The van der Waals surface area contributed by atoms with Crippen molar-refractivity contribution in [3.8, 4) is 11.6 Å². The number of aromatic nitrogens is 6. The van der Waals surface area contributed by atoms with Crippen molar-refractivity contribution in [2.24, 2.45) is 13.0 Å². The summed E-state index contributed by atoms with van der Waals surface area (Å²) in [7, 11) is 1.78.